The topological polar surface area (TPSA) is 59.4 Å². The van der Waals surface area contributed by atoms with Gasteiger partial charge in [-0.05, 0) is 36.8 Å². The molecule has 0 saturated carbocycles. The smallest absolute Gasteiger partial charge is 0.306 e. The molecule has 1 unspecified atom stereocenters. The van der Waals surface area contributed by atoms with Crippen molar-refractivity contribution in [1.29, 1.82) is 0 Å². The van der Waals surface area contributed by atoms with Crippen molar-refractivity contribution in [1.82, 2.24) is 4.98 Å². The minimum Gasteiger partial charge on any atom is -0.493 e. The summed E-state index contributed by atoms with van der Waals surface area (Å²) in [6.07, 6.45) is 3.94. The summed E-state index contributed by atoms with van der Waals surface area (Å²) in [4.78, 5) is 15.2. The van der Waals surface area contributed by atoms with Crippen LogP contribution >= 0.6 is 0 Å². The average Bonchev–Trinajstić information content (AvgIpc) is 2.61. The summed E-state index contributed by atoms with van der Waals surface area (Å²) < 4.78 is 4.93. The third-order valence-electron chi connectivity index (χ3n) is 2.93. The van der Waals surface area contributed by atoms with Gasteiger partial charge >= 0.3 is 5.97 Å². The fraction of sp³-hybridized carbons (Fsp3) is 0.500. The lowest BCUT2D eigenvalue weighted by Gasteiger charge is -2.10. The van der Waals surface area contributed by atoms with Crippen LogP contribution in [0.1, 0.15) is 36.8 Å². The zero-order chi connectivity index (χ0) is 11.5. The Labute approximate surface area is 94.3 Å². The highest BCUT2D eigenvalue weighted by Gasteiger charge is 2.25. The summed E-state index contributed by atoms with van der Waals surface area (Å²) in [6, 6.07) is 1.66. The van der Waals surface area contributed by atoms with Gasteiger partial charge in [-0.1, -0.05) is 0 Å². The van der Waals surface area contributed by atoms with Crippen molar-refractivity contribution in [2.45, 2.75) is 32.1 Å². The molecular formula is C12H15NO3. The highest BCUT2D eigenvalue weighted by atomic mass is 16.5. The summed E-state index contributed by atoms with van der Waals surface area (Å²) in [6.45, 7) is 2.22. The maximum atomic E-state index is 11.4. The Morgan fingerprint density at radius 3 is 3.25 bits per heavy atom. The Bertz CT molecular complexity index is 403. The molecule has 1 aromatic rings. The molecule has 1 aliphatic carbocycles. The van der Waals surface area contributed by atoms with E-state index in [1.807, 2.05) is 0 Å². The molecule has 16 heavy (non-hydrogen) atoms. The highest BCUT2D eigenvalue weighted by Crippen LogP contribution is 2.36. The molecule has 2 rings (SSSR count). The Hall–Kier alpha value is -1.58. The van der Waals surface area contributed by atoms with Gasteiger partial charge in [0.25, 0.3) is 0 Å². The summed E-state index contributed by atoms with van der Waals surface area (Å²) in [5, 5.41) is 9.32. The summed E-state index contributed by atoms with van der Waals surface area (Å²) >= 11 is 0. The molecule has 0 aromatic carbocycles. The molecule has 1 aliphatic rings. The van der Waals surface area contributed by atoms with Crippen LogP contribution in [0.3, 0.4) is 0 Å². The number of fused-ring (bicyclic) bond motifs is 1. The number of nitrogens with zero attached hydrogens (tertiary/aromatic N) is 1. The summed E-state index contributed by atoms with van der Waals surface area (Å²) in [7, 11) is 0. The van der Waals surface area contributed by atoms with Crippen LogP contribution in [-0.4, -0.2) is 22.7 Å². The van der Waals surface area contributed by atoms with Crippen molar-refractivity contribution in [3.63, 3.8) is 0 Å². The first-order valence-corrected chi connectivity index (χ1v) is 5.54. The second kappa shape index (κ2) is 4.51. The van der Waals surface area contributed by atoms with Gasteiger partial charge in [0.2, 0.25) is 5.88 Å². The molecule has 1 N–H and O–H groups in total. The zero-order valence-electron chi connectivity index (χ0n) is 9.27. The molecule has 4 nitrogen and oxygen atoms in total. The highest BCUT2D eigenvalue weighted by molar-refractivity contribution is 5.71. The largest absolute Gasteiger partial charge is 0.493 e. The summed E-state index contributed by atoms with van der Waals surface area (Å²) in [5.74, 6) is 0.0223. The predicted molar refractivity (Wildman–Crippen MR) is 58.2 cm³/mol. The van der Waals surface area contributed by atoms with Crippen LogP contribution in [0.2, 0.25) is 0 Å². The van der Waals surface area contributed by atoms with E-state index in [-0.39, 0.29) is 17.8 Å². The fourth-order valence-corrected chi connectivity index (χ4v) is 2.19. The standard InChI is InChI=1S/C12H15NO3/c1-2-16-12(15)5-8-3-4-9-7-13-11(14)6-10(8)9/h6-8H,2-5H2,1H3,(H,13,14). The number of esters is 1. The minimum atomic E-state index is -0.170. The maximum Gasteiger partial charge on any atom is 0.306 e. The van der Waals surface area contributed by atoms with E-state index in [1.54, 1.807) is 19.2 Å². The Kier molecular flexibility index (Phi) is 3.08. The van der Waals surface area contributed by atoms with Gasteiger partial charge in [0, 0.05) is 12.3 Å². The van der Waals surface area contributed by atoms with E-state index < -0.39 is 0 Å². The third-order valence-corrected chi connectivity index (χ3v) is 2.93. The molecule has 1 aromatic heterocycles. The number of hydrogen-bond donors (Lipinski definition) is 1. The van der Waals surface area contributed by atoms with Crippen LogP contribution in [0.5, 0.6) is 5.88 Å². The predicted octanol–water partition coefficient (Wildman–Crippen LogP) is 1.77. The lowest BCUT2D eigenvalue weighted by molar-refractivity contribution is -0.143. The van der Waals surface area contributed by atoms with E-state index in [9.17, 15) is 9.90 Å². The molecule has 0 saturated heterocycles. The number of carbonyl (C=O) groups is 1. The van der Waals surface area contributed by atoms with Crippen LogP contribution in [0, 0.1) is 0 Å². The van der Waals surface area contributed by atoms with E-state index in [0.717, 1.165) is 24.0 Å². The number of hydrogen-bond acceptors (Lipinski definition) is 4. The molecule has 0 radical (unpaired) electrons. The zero-order valence-corrected chi connectivity index (χ0v) is 9.27. The molecule has 0 aliphatic heterocycles. The van der Waals surface area contributed by atoms with Gasteiger partial charge in [-0.2, -0.15) is 0 Å². The van der Waals surface area contributed by atoms with E-state index in [1.165, 1.54) is 0 Å². The van der Waals surface area contributed by atoms with Gasteiger partial charge < -0.3 is 9.84 Å². The van der Waals surface area contributed by atoms with Crippen molar-refractivity contribution in [2.75, 3.05) is 6.61 Å². The van der Waals surface area contributed by atoms with Crippen molar-refractivity contribution in [3.05, 3.63) is 23.4 Å². The van der Waals surface area contributed by atoms with Gasteiger partial charge in [-0.3, -0.25) is 4.79 Å². The Balaban J connectivity index is 2.11. The normalized spacial score (nSPS) is 18.2. The van der Waals surface area contributed by atoms with Crippen molar-refractivity contribution in [2.24, 2.45) is 0 Å². The third kappa shape index (κ3) is 2.15. The summed E-state index contributed by atoms with van der Waals surface area (Å²) in [5.41, 5.74) is 2.17. The first kappa shape index (κ1) is 10.9. The van der Waals surface area contributed by atoms with Crippen LogP contribution in [-0.2, 0) is 16.0 Å². The number of pyridine rings is 1. The van der Waals surface area contributed by atoms with E-state index >= 15 is 0 Å². The lowest BCUT2D eigenvalue weighted by Crippen LogP contribution is -2.08. The monoisotopic (exact) mass is 221 g/mol. The van der Waals surface area contributed by atoms with Gasteiger partial charge in [-0.15, -0.1) is 0 Å². The SMILES string of the molecule is CCOC(=O)CC1CCc2cnc(O)cc21. The molecule has 0 spiro atoms. The second-order valence-corrected chi connectivity index (χ2v) is 3.99. The number of ether oxygens (including phenoxy) is 1. The first-order valence-electron chi connectivity index (χ1n) is 5.54. The minimum absolute atomic E-state index is 0.0227. The molecule has 1 atom stereocenters. The van der Waals surface area contributed by atoms with Gasteiger partial charge in [0.1, 0.15) is 0 Å². The van der Waals surface area contributed by atoms with Gasteiger partial charge in [-0.25, -0.2) is 4.98 Å². The van der Waals surface area contributed by atoms with Crippen molar-refractivity contribution >= 4 is 5.97 Å². The quantitative estimate of drug-likeness (QED) is 0.790. The molecule has 0 bridgehead atoms. The van der Waals surface area contributed by atoms with Crippen LogP contribution < -0.4 is 0 Å². The van der Waals surface area contributed by atoms with E-state index in [4.69, 9.17) is 4.74 Å². The molecule has 1 heterocycles. The van der Waals surface area contributed by atoms with Crippen molar-refractivity contribution in [3.8, 4) is 5.88 Å². The number of aryl methyl sites for hydroxylation is 1. The second-order valence-electron chi connectivity index (χ2n) is 3.99. The average molecular weight is 221 g/mol. The first-order chi connectivity index (χ1) is 7.70. The fourth-order valence-electron chi connectivity index (χ4n) is 2.19. The molecular weight excluding hydrogens is 206 g/mol. The van der Waals surface area contributed by atoms with E-state index in [0.29, 0.717) is 13.0 Å². The Morgan fingerprint density at radius 1 is 1.69 bits per heavy atom. The number of aromatic hydroxyl groups is 1. The van der Waals surface area contributed by atoms with Gasteiger partial charge in [0.15, 0.2) is 0 Å². The number of carbonyl (C=O) groups excluding carboxylic acids is 1. The number of aromatic nitrogens is 1. The molecule has 0 amide bonds. The molecule has 86 valence electrons. The molecule has 4 heteroatoms. The van der Waals surface area contributed by atoms with Crippen LogP contribution in [0.25, 0.3) is 0 Å². The van der Waals surface area contributed by atoms with Crippen LogP contribution in [0.15, 0.2) is 12.3 Å². The van der Waals surface area contributed by atoms with Gasteiger partial charge in [0.05, 0.1) is 13.0 Å². The number of rotatable bonds is 3. The lowest BCUT2D eigenvalue weighted by atomic mass is 9.99. The van der Waals surface area contributed by atoms with Crippen molar-refractivity contribution < 1.29 is 14.6 Å². The van der Waals surface area contributed by atoms with Crippen LogP contribution in [0.4, 0.5) is 0 Å². The molecule has 0 fully saturated rings. The Morgan fingerprint density at radius 2 is 2.50 bits per heavy atom. The maximum absolute atomic E-state index is 11.4. The van der Waals surface area contributed by atoms with E-state index in [2.05, 4.69) is 4.98 Å².